The number of amides is 1. The number of anilines is 3. The summed E-state index contributed by atoms with van der Waals surface area (Å²) in [5.41, 5.74) is 3.32. The molecular formula is C21H21ClN4O3. The molecule has 7 nitrogen and oxygen atoms in total. The van der Waals surface area contributed by atoms with Crippen LogP contribution in [0.25, 0.3) is 0 Å². The van der Waals surface area contributed by atoms with Crippen molar-refractivity contribution in [2.45, 2.75) is 13.8 Å². The second-order valence-corrected chi connectivity index (χ2v) is 6.73. The number of ether oxygens (including phenoxy) is 2. The van der Waals surface area contributed by atoms with Crippen molar-refractivity contribution in [3.63, 3.8) is 0 Å². The van der Waals surface area contributed by atoms with Crippen LogP contribution < -0.4 is 20.1 Å². The molecule has 3 rings (SSSR count). The predicted octanol–water partition coefficient (Wildman–Crippen LogP) is 4.76. The molecule has 1 amide bonds. The highest BCUT2D eigenvalue weighted by molar-refractivity contribution is 6.32. The van der Waals surface area contributed by atoms with Gasteiger partial charge in [0.1, 0.15) is 11.5 Å². The first-order valence-corrected chi connectivity index (χ1v) is 9.19. The van der Waals surface area contributed by atoms with Crippen LogP contribution in [0.4, 0.5) is 17.3 Å². The summed E-state index contributed by atoms with van der Waals surface area (Å²) in [5.74, 6) is 1.04. The Bertz CT molecular complexity index is 1040. The van der Waals surface area contributed by atoms with Gasteiger partial charge in [-0.2, -0.15) is 0 Å². The van der Waals surface area contributed by atoms with Crippen LogP contribution in [0.3, 0.4) is 0 Å². The molecule has 0 saturated carbocycles. The summed E-state index contributed by atoms with van der Waals surface area (Å²) in [7, 11) is 3.01. The number of carbonyl (C=O) groups is 1. The van der Waals surface area contributed by atoms with E-state index in [-0.39, 0.29) is 5.91 Å². The molecule has 2 N–H and O–H groups in total. The lowest BCUT2D eigenvalue weighted by Gasteiger charge is -2.13. The number of aryl methyl sites for hydroxylation is 2. The van der Waals surface area contributed by atoms with E-state index in [0.29, 0.717) is 39.4 Å². The normalized spacial score (nSPS) is 10.4. The zero-order chi connectivity index (χ0) is 21.0. The second kappa shape index (κ2) is 8.79. The lowest BCUT2D eigenvalue weighted by molar-refractivity contribution is 0.102. The largest absolute Gasteiger partial charge is 0.495 e. The van der Waals surface area contributed by atoms with Crippen LogP contribution in [-0.2, 0) is 0 Å². The number of carbonyl (C=O) groups excluding carboxylic acids is 1. The third kappa shape index (κ3) is 4.94. The molecule has 0 radical (unpaired) electrons. The van der Waals surface area contributed by atoms with E-state index in [1.54, 1.807) is 30.3 Å². The van der Waals surface area contributed by atoms with Crippen molar-refractivity contribution in [1.82, 2.24) is 9.97 Å². The Morgan fingerprint density at radius 1 is 0.966 bits per heavy atom. The number of aromatic nitrogens is 2. The van der Waals surface area contributed by atoms with Gasteiger partial charge in [0, 0.05) is 34.8 Å². The summed E-state index contributed by atoms with van der Waals surface area (Å²) in [6.45, 7) is 3.80. The monoisotopic (exact) mass is 412 g/mol. The van der Waals surface area contributed by atoms with Gasteiger partial charge in [-0.25, -0.2) is 9.97 Å². The number of nitrogens with zero attached hydrogens (tertiary/aromatic N) is 2. The van der Waals surface area contributed by atoms with E-state index in [0.717, 1.165) is 11.4 Å². The molecule has 0 aliphatic carbocycles. The fraction of sp³-hybridized carbons (Fsp3) is 0.190. The van der Waals surface area contributed by atoms with Crippen molar-refractivity contribution >= 4 is 34.8 Å². The molecular weight excluding hydrogens is 392 g/mol. The molecule has 3 aromatic rings. The lowest BCUT2D eigenvalue weighted by atomic mass is 10.1. The van der Waals surface area contributed by atoms with E-state index < -0.39 is 0 Å². The molecule has 0 spiro atoms. The number of nitrogens with one attached hydrogen (secondary N) is 2. The Labute approximate surface area is 174 Å². The van der Waals surface area contributed by atoms with Gasteiger partial charge in [-0.15, -0.1) is 0 Å². The fourth-order valence-electron chi connectivity index (χ4n) is 2.80. The molecule has 0 aliphatic rings. The quantitative estimate of drug-likeness (QED) is 0.607. The van der Waals surface area contributed by atoms with Gasteiger partial charge < -0.3 is 20.1 Å². The fourth-order valence-corrected chi connectivity index (χ4v) is 3.03. The molecule has 1 aromatic heterocycles. The maximum atomic E-state index is 12.8. The molecule has 150 valence electrons. The van der Waals surface area contributed by atoms with Gasteiger partial charge >= 0.3 is 0 Å². The molecule has 2 aromatic carbocycles. The number of halogens is 1. The van der Waals surface area contributed by atoms with Crippen LogP contribution in [0, 0.1) is 13.8 Å². The molecule has 0 saturated heterocycles. The summed E-state index contributed by atoms with van der Waals surface area (Å²) in [6, 6.07) is 12.1. The third-order valence-corrected chi connectivity index (χ3v) is 4.38. The van der Waals surface area contributed by atoms with E-state index in [1.807, 2.05) is 26.0 Å². The van der Waals surface area contributed by atoms with E-state index in [9.17, 15) is 4.79 Å². The van der Waals surface area contributed by atoms with Crippen LogP contribution in [0.2, 0.25) is 5.02 Å². The standard InChI is InChI=1S/C21H21ClN4O3/c1-12-8-13(2)24-21(23-12)25-15-7-5-6-14(9-15)20(27)26-17-11-18(28-3)16(22)10-19(17)29-4/h5-11H,1-4H3,(H,26,27)(H,23,24,25). The Morgan fingerprint density at radius 3 is 2.31 bits per heavy atom. The average molecular weight is 413 g/mol. The number of hydrogen-bond acceptors (Lipinski definition) is 6. The first kappa shape index (κ1) is 20.4. The molecule has 29 heavy (non-hydrogen) atoms. The third-order valence-electron chi connectivity index (χ3n) is 4.09. The highest BCUT2D eigenvalue weighted by Crippen LogP contribution is 2.36. The summed E-state index contributed by atoms with van der Waals surface area (Å²) in [6.07, 6.45) is 0. The molecule has 0 aliphatic heterocycles. The van der Waals surface area contributed by atoms with E-state index >= 15 is 0 Å². The van der Waals surface area contributed by atoms with Crippen LogP contribution in [0.5, 0.6) is 11.5 Å². The first-order valence-electron chi connectivity index (χ1n) is 8.82. The molecule has 8 heteroatoms. The minimum Gasteiger partial charge on any atom is -0.495 e. The molecule has 0 bridgehead atoms. The molecule has 0 fully saturated rings. The van der Waals surface area contributed by atoms with E-state index in [4.69, 9.17) is 21.1 Å². The summed E-state index contributed by atoms with van der Waals surface area (Å²) >= 11 is 6.12. The summed E-state index contributed by atoms with van der Waals surface area (Å²) in [4.78, 5) is 21.5. The molecule has 0 atom stereocenters. The second-order valence-electron chi connectivity index (χ2n) is 6.32. The Morgan fingerprint density at radius 2 is 1.66 bits per heavy atom. The van der Waals surface area contributed by atoms with Crippen molar-refractivity contribution in [3.8, 4) is 11.5 Å². The van der Waals surface area contributed by atoms with E-state index in [1.165, 1.54) is 14.2 Å². The average Bonchev–Trinajstić information content (AvgIpc) is 2.68. The maximum absolute atomic E-state index is 12.8. The summed E-state index contributed by atoms with van der Waals surface area (Å²) < 4.78 is 10.5. The highest BCUT2D eigenvalue weighted by atomic mass is 35.5. The zero-order valence-corrected chi connectivity index (χ0v) is 17.3. The van der Waals surface area contributed by atoms with Crippen molar-refractivity contribution < 1.29 is 14.3 Å². The number of rotatable bonds is 6. The van der Waals surface area contributed by atoms with E-state index in [2.05, 4.69) is 20.6 Å². The summed E-state index contributed by atoms with van der Waals surface area (Å²) in [5, 5.41) is 6.35. The van der Waals surface area contributed by atoms with Gasteiger partial charge in [0.15, 0.2) is 0 Å². The predicted molar refractivity (Wildman–Crippen MR) is 114 cm³/mol. The SMILES string of the molecule is COc1cc(NC(=O)c2cccc(Nc3nc(C)cc(C)n3)c2)c(OC)cc1Cl. The molecule has 1 heterocycles. The van der Waals surface area contributed by atoms with Gasteiger partial charge in [0.05, 0.1) is 24.9 Å². The van der Waals surface area contributed by atoms with Gasteiger partial charge in [-0.05, 0) is 38.1 Å². The lowest BCUT2D eigenvalue weighted by Crippen LogP contribution is -2.13. The Hall–Kier alpha value is -3.32. The number of benzene rings is 2. The van der Waals surface area contributed by atoms with Crippen molar-refractivity contribution in [3.05, 3.63) is 64.4 Å². The van der Waals surface area contributed by atoms with Crippen molar-refractivity contribution in [2.75, 3.05) is 24.9 Å². The minimum atomic E-state index is -0.308. The number of hydrogen-bond donors (Lipinski definition) is 2. The smallest absolute Gasteiger partial charge is 0.255 e. The Kier molecular flexibility index (Phi) is 6.19. The van der Waals surface area contributed by atoms with Crippen LogP contribution in [0.1, 0.15) is 21.7 Å². The molecule has 0 unspecified atom stereocenters. The van der Waals surface area contributed by atoms with Crippen molar-refractivity contribution in [1.29, 1.82) is 0 Å². The van der Waals surface area contributed by atoms with Gasteiger partial charge in [-0.1, -0.05) is 17.7 Å². The van der Waals surface area contributed by atoms with Crippen molar-refractivity contribution in [2.24, 2.45) is 0 Å². The topological polar surface area (TPSA) is 85.4 Å². The maximum Gasteiger partial charge on any atom is 0.255 e. The minimum absolute atomic E-state index is 0.308. The van der Waals surface area contributed by atoms with Gasteiger partial charge in [0.25, 0.3) is 5.91 Å². The first-order chi connectivity index (χ1) is 13.9. The highest BCUT2D eigenvalue weighted by Gasteiger charge is 2.14. The van der Waals surface area contributed by atoms with Gasteiger partial charge in [0.2, 0.25) is 5.95 Å². The van der Waals surface area contributed by atoms with Crippen LogP contribution >= 0.6 is 11.6 Å². The van der Waals surface area contributed by atoms with Crippen LogP contribution in [-0.4, -0.2) is 30.1 Å². The number of methoxy groups -OCH3 is 2. The van der Waals surface area contributed by atoms with Gasteiger partial charge in [-0.3, -0.25) is 4.79 Å². The van der Waals surface area contributed by atoms with Crippen LogP contribution in [0.15, 0.2) is 42.5 Å². The Balaban J connectivity index is 1.83. The zero-order valence-electron chi connectivity index (χ0n) is 16.5.